The van der Waals surface area contributed by atoms with Gasteiger partial charge in [-0.25, -0.2) is 0 Å². The number of rotatable bonds is 4. The SMILES string of the molecule is CSc1cccc(NCc2nn[nH]n2)c1C#N. The number of anilines is 1. The quantitative estimate of drug-likeness (QED) is 0.792. The Morgan fingerprint density at radius 2 is 2.41 bits per heavy atom. The highest BCUT2D eigenvalue weighted by atomic mass is 32.2. The largest absolute Gasteiger partial charge is 0.376 e. The van der Waals surface area contributed by atoms with Crippen molar-refractivity contribution in [2.75, 3.05) is 11.6 Å². The van der Waals surface area contributed by atoms with E-state index in [1.807, 2.05) is 24.5 Å². The van der Waals surface area contributed by atoms with Crippen LogP contribution in [0.25, 0.3) is 0 Å². The molecule has 0 aliphatic carbocycles. The molecule has 17 heavy (non-hydrogen) atoms. The molecule has 7 heteroatoms. The van der Waals surface area contributed by atoms with Crippen LogP contribution in [0.5, 0.6) is 0 Å². The maximum absolute atomic E-state index is 9.13. The minimum atomic E-state index is 0.434. The van der Waals surface area contributed by atoms with Gasteiger partial charge in [0.05, 0.1) is 17.8 Å². The highest BCUT2D eigenvalue weighted by molar-refractivity contribution is 7.98. The number of nitrogens with one attached hydrogen (secondary N) is 2. The smallest absolute Gasteiger partial charge is 0.193 e. The summed E-state index contributed by atoms with van der Waals surface area (Å²) >= 11 is 1.55. The van der Waals surface area contributed by atoms with Gasteiger partial charge in [0, 0.05) is 4.90 Å². The van der Waals surface area contributed by atoms with E-state index in [0.717, 1.165) is 10.6 Å². The Morgan fingerprint density at radius 1 is 1.53 bits per heavy atom. The molecular weight excluding hydrogens is 236 g/mol. The van der Waals surface area contributed by atoms with Crippen molar-refractivity contribution in [1.82, 2.24) is 20.6 Å². The van der Waals surface area contributed by atoms with Gasteiger partial charge in [-0.1, -0.05) is 11.3 Å². The lowest BCUT2D eigenvalue weighted by Crippen LogP contribution is -2.03. The Bertz CT molecular complexity index is 530. The Labute approximate surface area is 102 Å². The van der Waals surface area contributed by atoms with Gasteiger partial charge in [-0.15, -0.1) is 22.0 Å². The van der Waals surface area contributed by atoms with Crippen LogP contribution >= 0.6 is 11.8 Å². The molecule has 0 atom stereocenters. The van der Waals surface area contributed by atoms with Crippen molar-refractivity contribution >= 4 is 17.4 Å². The summed E-state index contributed by atoms with van der Waals surface area (Å²) in [5.74, 6) is 0.559. The molecule has 0 aliphatic heterocycles. The van der Waals surface area contributed by atoms with E-state index in [2.05, 4.69) is 32.0 Å². The molecule has 1 aromatic carbocycles. The molecule has 1 aromatic heterocycles. The van der Waals surface area contributed by atoms with Gasteiger partial charge in [0.1, 0.15) is 6.07 Å². The van der Waals surface area contributed by atoms with Gasteiger partial charge < -0.3 is 5.32 Å². The third-order valence-corrected chi connectivity index (χ3v) is 2.96. The molecule has 0 amide bonds. The molecule has 0 bridgehead atoms. The second kappa shape index (κ2) is 5.32. The van der Waals surface area contributed by atoms with Crippen LogP contribution < -0.4 is 5.32 Å². The Kier molecular flexibility index (Phi) is 3.57. The first-order valence-corrected chi connectivity index (χ1v) is 6.11. The number of H-pyrrole nitrogens is 1. The molecule has 0 unspecified atom stereocenters. The van der Waals surface area contributed by atoms with Crippen LogP contribution in [0.1, 0.15) is 11.4 Å². The molecular formula is C10H10N6S. The lowest BCUT2D eigenvalue weighted by Gasteiger charge is -2.08. The van der Waals surface area contributed by atoms with E-state index in [0.29, 0.717) is 17.9 Å². The molecule has 0 aliphatic rings. The summed E-state index contributed by atoms with van der Waals surface area (Å²) in [7, 11) is 0. The number of nitriles is 1. The van der Waals surface area contributed by atoms with Crippen molar-refractivity contribution in [3.63, 3.8) is 0 Å². The molecule has 2 N–H and O–H groups in total. The normalized spacial score (nSPS) is 9.88. The first-order chi connectivity index (χ1) is 8.35. The van der Waals surface area contributed by atoms with Gasteiger partial charge in [0.2, 0.25) is 0 Å². The van der Waals surface area contributed by atoms with Crippen LogP contribution in [0.3, 0.4) is 0 Å². The molecule has 86 valence electrons. The van der Waals surface area contributed by atoms with Crippen LogP contribution in [0, 0.1) is 11.3 Å². The predicted molar refractivity (Wildman–Crippen MR) is 64.4 cm³/mol. The maximum Gasteiger partial charge on any atom is 0.193 e. The van der Waals surface area contributed by atoms with E-state index >= 15 is 0 Å². The van der Waals surface area contributed by atoms with Crippen LogP contribution in [0.2, 0.25) is 0 Å². The number of benzene rings is 1. The molecule has 0 spiro atoms. The Morgan fingerprint density at radius 3 is 3.06 bits per heavy atom. The summed E-state index contributed by atoms with van der Waals surface area (Å²) in [4.78, 5) is 0.950. The van der Waals surface area contributed by atoms with Crippen molar-refractivity contribution < 1.29 is 0 Å². The summed E-state index contributed by atoms with van der Waals surface area (Å²) in [5.41, 5.74) is 1.42. The molecule has 2 aromatic rings. The lowest BCUT2D eigenvalue weighted by molar-refractivity contribution is 0.881. The highest BCUT2D eigenvalue weighted by Crippen LogP contribution is 2.26. The van der Waals surface area contributed by atoms with E-state index in [1.165, 1.54) is 0 Å². The highest BCUT2D eigenvalue weighted by Gasteiger charge is 2.07. The van der Waals surface area contributed by atoms with Gasteiger partial charge in [-0.05, 0) is 18.4 Å². The van der Waals surface area contributed by atoms with E-state index < -0.39 is 0 Å². The number of hydrogen-bond acceptors (Lipinski definition) is 6. The van der Waals surface area contributed by atoms with Gasteiger partial charge >= 0.3 is 0 Å². The number of aromatic nitrogens is 4. The third-order valence-electron chi connectivity index (χ3n) is 2.18. The molecule has 6 nitrogen and oxygen atoms in total. The first-order valence-electron chi connectivity index (χ1n) is 4.88. The summed E-state index contributed by atoms with van der Waals surface area (Å²) < 4.78 is 0. The zero-order valence-corrected chi connectivity index (χ0v) is 9.95. The van der Waals surface area contributed by atoms with Gasteiger partial charge in [-0.3, -0.25) is 0 Å². The lowest BCUT2D eigenvalue weighted by atomic mass is 10.2. The predicted octanol–water partition coefficient (Wildman–Crippen LogP) is 1.41. The Balaban J connectivity index is 2.18. The number of aromatic amines is 1. The van der Waals surface area contributed by atoms with Gasteiger partial charge in [0.15, 0.2) is 5.82 Å². The van der Waals surface area contributed by atoms with Crippen molar-refractivity contribution in [3.8, 4) is 6.07 Å². The van der Waals surface area contributed by atoms with Crippen LogP contribution in [0.15, 0.2) is 23.1 Å². The summed E-state index contributed by atoms with van der Waals surface area (Å²) in [6.07, 6.45) is 1.94. The van der Waals surface area contributed by atoms with E-state index in [-0.39, 0.29) is 0 Å². The molecule has 1 heterocycles. The van der Waals surface area contributed by atoms with Gasteiger partial charge in [0.25, 0.3) is 0 Å². The van der Waals surface area contributed by atoms with Crippen LogP contribution in [-0.2, 0) is 6.54 Å². The van der Waals surface area contributed by atoms with Crippen LogP contribution in [0.4, 0.5) is 5.69 Å². The number of thioether (sulfide) groups is 1. The summed E-state index contributed by atoms with van der Waals surface area (Å²) in [5, 5.41) is 25.8. The number of hydrogen-bond donors (Lipinski definition) is 2. The third kappa shape index (κ3) is 2.54. The summed E-state index contributed by atoms with van der Waals surface area (Å²) in [6.45, 7) is 0.434. The topological polar surface area (TPSA) is 90.3 Å². The van der Waals surface area contributed by atoms with Crippen LogP contribution in [-0.4, -0.2) is 26.9 Å². The minimum absolute atomic E-state index is 0.434. The monoisotopic (exact) mass is 246 g/mol. The first kappa shape index (κ1) is 11.4. The van der Waals surface area contributed by atoms with Crippen molar-refractivity contribution in [2.45, 2.75) is 11.4 Å². The number of tetrazole rings is 1. The fraction of sp³-hybridized carbons (Fsp3) is 0.200. The van der Waals surface area contributed by atoms with Gasteiger partial charge in [-0.2, -0.15) is 10.5 Å². The van der Waals surface area contributed by atoms with Crippen molar-refractivity contribution in [3.05, 3.63) is 29.6 Å². The second-order valence-electron chi connectivity index (χ2n) is 3.18. The van der Waals surface area contributed by atoms with Crippen molar-refractivity contribution in [1.29, 1.82) is 5.26 Å². The zero-order valence-electron chi connectivity index (χ0n) is 9.14. The molecule has 0 saturated heterocycles. The minimum Gasteiger partial charge on any atom is -0.376 e. The zero-order chi connectivity index (χ0) is 12.1. The molecule has 0 fully saturated rings. The van der Waals surface area contributed by atoms with E-state index in [4.69, 9.17) is 5.26 Å². The molecule has 2 rings (SSSR count). The fourth-order valence-corrected chi connectivity index (χ4v) is 1.97. The standard InChI is InChI=1S/C10H10N6S/c1-17-9-4-2-3-8(7(9)5-11)12-6-10-13-15-16-14-10/h2-4,12H,6H2,1H3,(H,13,14,15,16). The van der Waals surface area contributed by atoms with E-state index in [9.17, 15) is 0 Å². The second-order valence-corrected chi connectivity index (χ2v) is 4.02. The Hall–Kier alpha value is -2.07. The average molecular weight is 246 g/mol. The fourth-order valence-electron chi connectivity index (χ4n) is 1.40. The maximum atomic E-state index is 9.13. The summed E-state index contributed by atoms with van der Waals surface area (Å²) in [6, 6.07) is 7.88. The van der Waals surface area contributed by atoms with E-state index in [1.54, 1.807) is 11.8 Å². The number of nitrogens with zero attached hydrogens (tertiary/aromatic N) is 4. The van der Waals surface area contributed by atoms with Crippen molar-refractivity contribution in [2.24, 2.45) is 0 Å². The molecule has 0 saturated carbocycles. The average Bonchev–Trinajstić information content (AvgIpc) is 2.88. The molecule has 0 radical (unpaired) electrons.